The van der Waals surface area contributed by atoms with Crippen LogP contribution in [0.1, 0.15) is 32.6 Å². The monoisotopic (exact) mass is 361 g/mol. The molecule has 26 heavy (non-hydrogen) atoms. The Morgan fingerprint density at radius 2 is 1.65 bits per heavy atom. The van der Waals surface area contributed by atoms with E-state index in [0.29, 0.717) is 18.0 Å². The van der Waals surface area contributed by atoms with E-state index in [-0.39, 0.29) is 18.6 Å². The highest BCUT2D eigenvalue weighted by molar-refractivity contribution is 6.39. The van der Waals surface area contributed by atoms with Crippen molar-refractivity contribution in [2.45, 2.75) is 44.5 Å². The maximum atomic E-state index is 12.0. The number of rotatable bonds is 4. The van der Waals surface area contributed by atoms with Gasteiger partial charge in [-0.2, -0.15) is 0 Å². The van der Waals surface area contributed by atoms with Crippen LogP contribution in [0.5, 0.6) is 0 Å². The van der Waals surface area contributed by atoms with E-state index in [4.69, 9.17) is 9.47 Å². The lowest BCUT2D eigenvalue weighted by Crippen LogP contribution is -2.40. The number of amides is 3. The van der Waals surface area contributed by atoms with Crippen LogP contribution in [0.3, 0.4) is 0 Å². The molecule has 3 rings (SSSR count). The summed E-state index contributed by atoms with van der Waals surface area (Å²) in [5.74, 6) is -2.15. The molecule has 0 bridgehead atoms. The molecule has 1 aromatic rings. The standard InChI is InChI=1S/C18H23N3O5/c1-12(22)20-13-4-6-14(7-5-13)21-17(24)16(23)19-10-15-11-25-18(26-15)8-2-3-9-18/h4-7,15H,2-3,8-11H2,1H3,(H,19,23)(H,20,22)(H,21,24)/t15-/m0/s1. The molecule has 8 nitrogen and oxygen atoms in total. The zero-order valence-corrected chi connectivity index (χ0v) is 14.7. The van der Waals surface area contributed by atoms with Crippen LogP contribution in [-0.4, -0.2) is 42.8 Å². The van der Waals surface area contributed by atoms with Gasteiger partial charge in [-0.05, 0) is 37.1 Å². The maximum Gasteiger partial charge on any atom is 0.313 e. The minimum atomic E-state index is -0.758. The lowest BCUT2D eigenvalue weighted by molar-refractivity contribution is -0.161. The van der Waals surface area contributed by atoms with Crippen LogP contribution in [0.4, 0.5) is 11.4 Å². The van der Waals surface area contributed by atoms with Crippen LogP contribution in [0.15, 0.2) is 24.3 Å². The molecule has 1 saturated heterocycles. The zero-order chi connectivity index (χ0) is 18.6. The van der Waals surface area contributed by atoms with Gasteiger partial charge in [0.25, 0.3) is 0 Å². The Morgan fingerprint density at radius 3 is 2.27 bits per heavy atom. The Balaban J connectivity index is 1.43. The third kappa shape index (κ3) is 4.59. The average molecular weight is 361 g/mol. The molecular weight excluding hydrogens is 338 g/mol. The molecule has 1 aromatic carbocycles. The van der Waals surface area contributed by atoms with Crippen molar-refractivity contribution in [3.8, 4) is 0 Å². The number of anilines is 2. The fourth-order valence-corrected chi connectivity index (χ4v) is 3.21. The van der Waals surface area contributed by atoms with Gasteiger partial charge in [-0.3, -0.25) is 14.4 Å². The topological polar surface area (TPSA) is 106 Å². The van der Waals surface area contributed by atoms with Gasteiger partial charge in [0.1, 0.15) is 6.10 Å². The van der Waals surface area contributed by atoms with Crippen LogP contribution in [0, 0.1) is 0 Å². The first-order chi connectivity index (χ1) is 12.5. The molecule has 0 aromatic heterocycles. The average Bonchev–Trinajstić information content (AvgIpc) is 3.24. The lowest BCUT2D eigenvalue weighted by atomic mass is 10.2. The first-order valence-electron chi connectivity index (χ1n) is 8.74. The van der Waals surface area contributed by atoms with Gasteiger partial charge in [0, 0.05) is 37.7 Å². The van der Waals surface area contributed by atoms with Crippen LogP contribution in [-0.2, 0) is 23.9 Å². The van der Waals surface area contributed by atoms with Crippen molar-refractivity contribution in [1.82, 2.24) is 5.32 Å². The van der Waals surface area contributed by atoms with E-state index >= 15 is 0 Å². The van der Waals surface area contributed by atoms with Gasteiger partial charge >= 0.3 is 11.8 Å². The smallest absolute Gasteiger partial charge is 0.313 e. The van der Waals surface area contributed by atoms with Crippen molar-refractivity contribution < 1.29 is 23.9 Å². The second-order valence-corrected chi connectivity index (χ2v) is 6.59. The summed E-state index contributed by atoms with van der Waals surface area (Å²) in [6.07, 6.45) is 3.70. The van der Waals surface area contributed by atoms with Crippen molar-refractivity contribution in [2.75, 3.05) is 23.8 Å². The molecule has 0 radical (unpaired) electrons. The minimum absolute atomic E-state index is 0.182. The van der Waals surface area contributed by atoms with Gasteiger partial charge in [0.2, 0.25) is 5.91 Å². The number of carbonyl (C=O) groups is 3. The van der Waals surface area contributed by atoms with E-state index < -0.39 is 17.6 Å². The van der Waals surface area contributed by atoms with E-state index in [1.54, 1.807) is 24.3 Å². The first-order valence-corrected chi connectivity index (χ1v) is 8.74. The molecule has 3 amide bonds. The maximum absolute atomic E-state index is 12.0. The van der Waals surface area contributed by atoms with Crippen molar-refractivity contribution >= 4 is 29.1 Å². The molecule has 2 aliphatic rings. The number of hydrogen-bond acceptors (Lipinski definition) is 5. The highest BCUT2D eigenvalue weighted by Gasteiger charge is 2.43. The molecule has 2 fully saturated rings. The Labute approximate surface area is 151 Å². The van der Waals surface area contributed by atoms with E-state index in [9.17, 15) is 14.4 Å². The SMILES string of the molecule is CC(=O)Nc1ccc(NC(=O)C(=O)NC[C@H]2COC3(CCCC3)O2)cc1. The quantitative estimate of drug-likeness (QED) is 0.703. The summed E-state index contributed by atoms with van der Waals surface area (Å²) in [6.45, 7) is 2.07. The van der Waals surface area contributed by atoms with E-state index in [2.05, 4.69) is 16.0 Å². The molecule has 0 unspecified atom stereocenters. The summed E-state index contributed by atoms with van der Waals surface area (Å²) >= 11 is 0. The van der Waals surface area contributed by atoms with Crippen LogP contribution < -0.4 is 16.0 Å². The molecule has 1 spiro atoms. The third-order valence-electron chi connectivity index (χ3n) is 4.44. The number of carbonyl (C=O) groups excluding carboxylic acids is 3. The summed E-state index contributed by atoms with van der Waals surface area (Å²) < 4.78 is 11.6. The van der Waals surface area contributed by atoms with Crippen molar-refractivity contribution in [3.05, 3.63) is 24.3 Å². The van der Waals surface area contributed by atoms with Gasteiger partial charge in [0.15, 0.2) is 5.79 Å². The van der Waals surface area contributed by atoms with Crippen LogP contribution >= 0.6 is 0 Å². The highest BCUT2D eigenvalue weighted by Crippen LogP contribution is 2.38. The van der Waals surface area contributed by atoms with Gasteiger partial charge in [-0.15, -0.1) is 0 Å². The van der Waals surface area contributed by atoms with E-state index in [0.717, 1.165) is 25.7 Å². The lowest BCUT2D eigenvalue weighted by Gasteiger charge is -2.21. The zero-order valence-electron chi connectivity index (χ0n) is 14.7. The Hall–Kier alpha value is -2.45. The molecule has 8 heteroatoms. The number of hydrogen-bond donors (Lipinski definition) is 3. The Bertz CT molecular complexity index is 683. The summed E-state index contributed by atoms with van der Waals surface area (Å²) in [6, 6.07) is 6.49. The van der Waals surface area contributed by atoms with Gasteiger partial charge < -0.3 is 25.4 Å². The first kappa shape index (κ1) is 18.3. The summed E-state index contributed by atoms with van der Waals surface area (Å²) in [7, 11) is 0. The molecule has 1 heterocycles. The largest absolute Gasteiger partial charge is 0.347 e. The summed E-state index contributed by atoms with van der Waals surface area (Å²) in [5.41, 5.74) is 1.07. The van der Waals surface area contributed by atoms with Crippen molar-refractivity contribution in [2.24, 2.45) is 0 Å². The Morgan fingerprint density at radius 1 is 1.04 bits per heavy atom. The molecule has 1 atom stereocenters. The van der Waals surface area contributed by atoms with E-state index in [1.807, 2.05) is 0 Å². The number of benzene rings is 1. The third-order valence-corrected chi connectivity index (χ3v) is 4.44. The molecule has 1 aliphatic heterocycles. The fraction of sp³-hybridized carbons (Fsp3) is 0.500. The number of nitrogens with one attached hydrogen (secondary N) is 3. The van der Waals surface area contributed by atoms with Crippen LogP contribution in [0.25, 0.3) is 0 Å². The second kappa shape index (κ2) is 7.84. The predicted molar refractivity (Wildman–Crippen MR) is 94.4 cm³/mol. The predicted octanol–water partition coefficient (Wildman–Crippen LogP) is 1.39. The van der Waals surface area contributed by atoms with Gasteiger partial charge in [-0.1, -0.05) is 0 Å². The molecule has 3 N–H and O–H groups in total. The molecule has 1 aliphatic carbocycles. The Kier molecular flexibility index (Phi) is 5.53. The summed E-state index contributed by atoms with van der Waals surface area (Å²) in [5, 5.41) is 7.71. The molecule has 1 saturated carbocycles. The normalized spacial score (nSPS) is 20.7. The van der Waals surface area contributed by atoms with Gasteiger partial charge in [-0.25, -0.2) is 0 Å². The highest BCUT2D eigenvalue weighted by atomic mass is 16.7. The van der Waals surface area contributed by atoms with Gasteiger partial charge in [0.05, 0.1) is 6.61 Å². The van der Waals surface area contributed by atoms with E-state index in [1.165, 1.54) is 6.92 Å². The summed E-state index contributed by atoms with van der Waals surface area (Å²) in [4.78, 5) is 34.9. The van der Waals surface area contributed by atoms with Crippen molar-refractivity contribution in [1.29, 1.82) is 0 Å². The fourth-order valence-electron chi connectivity index (χ4n) is 3.21. The minimum Gasteiger partial charge on any atom is -0.347 e. The van der Waals surface area contributed by atoms with Crippen molar-refractivity contribution in [3.63, 3.8) is 0 Å². The second-order valence-electron chi connectivity index (χ2n) is 6.59. The molecule has 140 valence electrons. The van der Waals surface area contributed by atoms with Crippen LogP contribution in [0.2, 0.25) is 0 Å². The number of ether oxygens (including phenoxy) is 2. The molecular formula is C18H23N3O5.